The van der Waals surface area contributed by atoms with Crippen LogP contribution in [0, 0.1) is 5.92 Å². The van der Waals surface area contributed by atoms with Gasteiger partial charge in [-0.15, -0.1) is 0 Å². The summed E-state index contributed by atoms with van der Waals surface area (Å²) in [5.41, 5.74) is 0.978. The van der Waals surface area contributed by atoms with Crippen molar-refractivity contribution in [2.45, 2.75) is 65.2 Å². The van der Waals surface area contributed by atoms with Gasteiger partial charge < -0.3 is 10.1 Å². The maximum atomic E-state index is 8.83. The van der Waals surface area contributed by atoms with Crippen LogP contribution in [0.25, 0.3) is 0 Å². The fourth-order valence-corrected chi connectivity index (χ4v) is 2.75. The molecule has 0 bridgehead atoms. The fraction of sp³-hybridized carbons (Fsp3) is 0.933. The van der Waals surface area contributed by atoms with E-state index in [0.717, 1.165) is 25.2 Å². The standard InChI is InChI=1S/C15H30N2O/c1-3-4-5-6-7-8-9-11-17-12-10-15(16-18)14(2)13-17/h14,18H,3-13H2,1-2H3. The SMILES string of the molecule is CCCCCCCCCN1CCC(=NO)C(C)C1. The maximum absolute atomic E-state index is 8.83. The summed E-state index contributed by atoms with van der Waals surface area (Å²) in [6, 6.07) is 0. The molecule has 1 N–H and O–H groups in total. The van der Waals surface area contributed by atoms with Crippen molar-refractivity contribution in [1.29, 1.82) is 0 Å². The van der Waals surface area contributed by atoms with E-state index in [-0.39, 0.29) is 0 Å². The van der Waals surface area contributed by atoms with E-state index in [0.29, 0.717) is 5.92 Å². The van der Waals surface area contributed by atoms with Crippen LogP contribution in [0.3, 0.4) is 0 Å². The van der Waals surface area contributed by atoms with Crippen LogP contribution >= 0.6 is 0 Å². The van der Waals surface area contributed by atoms with Crippen LogP contribution in [-0.2, 0) is 0 Å². The average molecular weight is 254 g/mol. The largest absolute Gasteiger partial charge is 0.411 e. The Bertz CT molecular complexity index is 241. The van der Waals surface area contributed by atoms with Gasteiger partial charge in [-0.1, -0.05) is 57.5 Å². The highest BCUT2D eigenvalue weighted by atomic mass is 16.4. The normalized spacial score (nSPS) is 23.7. The first-order valence-electron chi connectivity index (χ1n) is 7.71. The number of piperidine rings is 1. The number of rotatable bonds is 8. The Labute approximate surface area is 112 Å². The van der Waals surface area contributed by atoms with Gasteiger partial charge in [0.15, 0.2) is 0 Å². The van der Waals surface area contributed by atoms with Crippen LogP contribution in [0.2, 0.25) is 0 Å². The van der Waals surface area contributed by atoms with E-state index < -0.39 is 0 Å². The lowest BCUT2D eigenvalue weighted by Gasteiger charge is -2.31. The highest BCUT2D eigenvalue weighted by Gasteiger charge is 2.21. The van der Waals surface area contributed by atoms with E-state index in [2.05, 4.69) is 23.9 Å². The molecule has 1 unspecified atom stereocenters. The van der Waals surface area contributed by atoms with Gasteiger partial charge >= 0.3 is 0 Å². The third-order valence-corrected chi connectivity index (χ3v) is 3.99. The second-order valence-electron chi connectivity index (χ2n) is 5.66. The van der Waals surface area contributed by atoms with Crippen LogP contribution in [0.1, 0.15) is 65.2 Å². The van der Waals surface area contributed by atoms with Crippen LogP contribution < -0.4 is 0 Å². The van der Waals surface area contributed by atoms with Gasteiger partial charge in [-0.2, -0.15) is 0 Å². The highest BCUT2D eigenvalue weighted by molar-refractivity contribution is 5.86. The first-order valence-corrected chi connectivity index (χ1v) is 7.71. The molecule has 18 heavy (non-hydrogen) atoms. The Morgan fingerprint density at radius 2 is 1.83 bits per heavy atom. The monoisotopic (exact) mass is 254 g/mol. The molecule has 1 aliphatic rings. The minimum absolute atomic E-state index is 0.424. The first kappa shape index (κ1) is 15.5. The molecule has 1 rings (SSSR count). The van der Waals surface area contributed by atoms with Crippen molar-refractivity contribution >= 4 is 5.71 Å². The molecule has 1 saturated heterocycles. The molecule has 1 fully saturated rings. The molecule has 0 aromatic heterocycles. The topological polar surface area (TPSA) is 35.8 Å². The summed E-state index contributed by atoms with van der Waals surface area (Å²) in [6.07, 6.45) is 10.6. The summed E-state index contributed by atoms with van der Waals surface area (Å²) in [6.45, 7) is 7.78. The van der Waals surface area contributed by atoms with Crippen LogP contribution in [0.4, 0.5) is 0 Å². The minimum Gasteiger partial charge on any atom is -0.411 e. The predicted octanol–water partition coefficient (Wildman–Crippen LogP) is 3.91. The Balaban J connectivity index is 2.00. The molecule has 1 atom stereocenters. The fourth-order valence-electron chi connectivity index (χ4n) is 2.75. The highest BCUT2D eigenvalue weighted by Crippen LogP contribution is 2.15. The third-order valence-electron chi connectivity index (χ3n) is 3.99. The maximum Gasteiger partial charge on any atom is 0.0624 e. The number of hydrogen-bond donors (Lipinski definition) is 1. The Kier molecular flexibility index (Phi) is 8.06. The smallest absolute Gasteiger partial charge is 0.0624 e. The van der Waals surface area contributed by atoms with E-state index in [1.807, 2.05) is 0 Å². The molecule has 3 nitrogen and oxygen atoms in total. The summed E-state index contributed by atoms with van der Waals surface area (Å²) in [5.74, 6) is 0.424. The van der Waals surface area contributed by atoms with Crippen molar-refractivity contribution in [2.24, 2.45) is 11.1 Å². The zero-order chi connectivity index (χ0) is 13.2. The van der Waals surface area contributed by atoms with E-state index in [9.17, 15) is 0 Å². The van der Waals surface area contributed by atoms with Gasteiger partial charge in [0.1, 0.15) is 0 Å². The molecule has 1 aliphatic heterocycles. The summed E-state index contributed by atoms with van der Waals surface area (Å²) >= 11 is 0. The molecular formula is C15H30N2O. The summed E-state index contributed by atoms with van der Waals surface area (Å²) in [5, 5.41) is 12.2. The lowest BCUT2D eigenvalue weighted by atomic mass is 9.97. The quantitative estimate of drug-likeness (QED) is 0.405. The van der Waals surface area contributed by atoms with Crippen LogP contribution in [0.5, 0.6) is 0 Å². The zero-order valence-electron chi connectivity index (χ0n) is 12.2. The molecule has 0 spiro atoms. The van der Waals surface area contributed by atoms with Gasteiger partial charge in [0.25, 0.3) is 0 Å². The predicted molar refractivity (Wildman–Crippen MR) is 77.4 cm³/mol. The molecule has 1 heterocycles. The molecular weight excluding hydrogens is 224 g/mol. The summed E-state index contributed by atoms with van der Waals surface area (Å²) in [4.78, 5) is 2.52. The molecule has 3 heteroatoms. The van der Waals surface area contributed by atoms with Crippen molar-refractivity contribution in [1.82, 2.24) is 4.90 Å². The van der Waals surface area contributed by atoms with E-state index >= 15 is 0 Å². The van der Waals surface area contributed by atoms with Gasteiger partial charge in [0, 0.05) is 25.4 Å². The van der Waals surface area contributed by atoms with E-state index in [1.54, 1.807) is 0 Å². The van der Waals surface area contributed by atoms with Gasteiger partial charge in [-0.3, -0.25) is 0 Å². The molecule has 0 radical (unpaired) electrons. The molecule has 0 aliphatic carbocycles. The molecule has 0 saturated carbocycles. The number of oxime groups is 1. The number of hydrogen-bond acceptors (Lipinski definition) is 3. The number of nitrogens with zero attached hydrogens (tertiary/aromatic N) is 2. The molecule has 106 valence electrons. The van der Waals surface area contributed by atoms with Gasteiger partial charge in [-0.05, 0) is 13.0 Å². The van der Waals surface area contributed by atoms with Crippen LogP contribution in [0.15, 0.2) is 5.16 Å². The molecule has 0 aromatic carbocycles. The molecule has 0 amide bonds. The second-order valence-corrected chi connectivity index (χ2v) is 5.66. The van der Waals surface area contributed by atoms with Crippen molar-refractivity contribution in [3.05, 3.63) is 0 Å². The Morgan fingerprint density at radius 3 is 2.44 bits per heavy atom. The average Bonchev–Trinajstić information content (AvgIpc) is 2.38. The Morgan fingerprint density at radius 1 is 1.17 bits per heavy atom. The van der Waals surface area contributed by atoms with E-state index in [1.165, 1.54) is 51.5 Å². The number of unbranched alkanes of at least 4 members (excludes halogenated alkanes) is 6. The lowest BCUT2D eigenvalue weighted by Crippen LogP contribution is -2.40. The van der Waals surface area contributed by atoms with Gasteiger partial charge in [0.05, 0.1) is 5.71 Å². The lowest BCUT2D eigenvalue weighted by molar-refractivity contribution is 0.231. The van der Waals surface area contributed by atoms with Crippen molar-refractivity contribution in [3.8, 4) is 0 Å². The van der Waals surface area contributed by atoms with Crippen LogP contribution in [-0.4, -0.2) is 35.5 Å². The second kappa shape index (κ2) is 9.37. The minimum atomic E-state index is 0.424. The van der Waals surface area contributed by atoms with Crippen molar-refractivity contribution in [3.63, 3.8) is 0 Å². The van der Waals surface area contributed by atoms with Gasteiger partial charge in [0.2, 0.25) is 0 Å². The van der Waals surface area contributed by atoms with E-state index in [4.69, 9.17) is 5.21 Å². The third kappa shape index (κ3) is 5.85. The molecule has 0 aromatic rings. The zero-order valence-corrected chi connectivity index (χ0v) is 12.2. The summed E-state index contributed by atoms with van der Waals surface area (Å²) < 4.78 is 0. The van der Waals surface area contributed by atoms with Gasteiger partial charge in [-0.25, -0.2) is 0 Å². The number of likely N-dealkylation sites (tertiary alicyclic amines) is 1. The first-order chi connectivity index (χ1) is 8.77. The Hall–Kier alpha value is -0.570. The van der Waals surface area contributed by atoms with Crippen molar-refractivity contribution < 1.29 is 5.21 Å². The summed E-state index contributed by atoms with van der Waals surface area (Å²) in [7, 11) is 0. The van der Waals surface area contributed by atoms with Crippen molar-refractivity contribution in [2.75, 3.05) is 19.6 Å².